The Morgan fingerprint density at radius 2 is 2.14 bits per heavy atom. The Hall–Kier alpha value is -1.54. The van der Waals surface area contributed by atoms with Gasteiger partial charge in [0.2, 0.25) is 0 Å². The standard InChI is InChI=1S/C11H16N5O4P/c12-9-8-10(14-5-13-9)16(6-15-8)3-11(1-2-11)4-20-7-21(17,18)19/h5-6H,1-4,7H2,(H2,12,13,14)(H2,17,18,19). The van der Waals surface area contributed by atoms with Gasteiger partial charge < -0.3 is 24.8 Å². The Labute approximate surface area is 120 Å². The van der Waals surface area contributed by atoms with E-state index in [1.807, 2.05) is 4.57 Å². The molecular formula is C11H16N5O4P. The van der Waals surface area contributed by atoms with E-state index < -0.39 is 13.9 Å². The number of anilines is 1. The highest BCUT2D eigenvalue weighted by Gasteiger charge is 2.44. The molecular weight excluding hydrogens is 297 g/mol. The molecule has 1 fully saturated rings. The lowest BCUT2D eigenvalue weighted by atomic mass is 10.1. The maximum atomic E-state index is 10.8. The van der Waals surface area contributed by atoms with Crippen LogP contribution in [0.15, 0.2) is 12.7 Å². The number of rotatable bonds is 6. The van der Waals surface area contributed by atoms with Gasteiger partial charge in [-0.3, -0.25) is 4.57 Å². The number of imidazole rings is 1. The Bertz CT molecular complexity index is 708. The predicted molar refractivity (Wildman–Crippen MR) is 74.3 cm³/mol. The smallest absolute Gasteiger partial charge is 0.350 e. The summed E-state index contributed by atoms with van der Waals surface area (Å²) in [6.07, 6.45) is 4.37. The van der Waals surface area contributed by atoms with E-state index in [0.717, 1.165) is 12.8 Å². The van der Waals surface area contributed by atoms with Gasteiger partial charge in [-0.2, -0.15) is 0 Å². The summed E-state index contributed by atoms with van der Waals surface area (Å²) < 4.78 is 17.8. The molecule has 2 heterocycles. The van der Waals surface area contributed by atoms with Crippen molar-refractivity contribution in [1.82, 2.24) is 19.5 Å². The van der Waals surface area contributed by atoms with Crippen LogP contribution in [0, 0.1) is 5.41 Å². The number of nitrogen functional groups attached to an aromatic ring is 1. The van der Waals surface area contributed by atoms with Crippen molar-refractivity contribution in [1.29, 1.82) is 0 Å². The molecule has 0 atom stereocenters. The summed E-state index contributed by atoms with van der Waals surface area (Å²) in [6, 6.07) is 0. The Balaban J connectivity index is 1.70. The van der Waals surface area contributed by atoms with Crippen LogP contribution in [0.3, 0.4) is 0 Å². The first-order valence-electron chi connectivity index (χ1n) is 6.42. The molecule has 0 bridgehead atoms. The number of aromatic nitrogens is 4. The van der Waals surface area contributed by atoms with Gasteiger partial charge in [-0.05, 0) is 12.8 Å². The van der Waals surface area contributed by atoms with Crippen LogP contribution in [0.2, 0.25) is 0 Å². The lowest BCUT2D eigenvalue weighted by Crippen LogP contribution is -2.18. The molecule has 0 amide bonds. The maximum Gasteiger partial charge on any atom is 0.350 e. The molecule has 0 saturated heterocycles. The average molecular weight is 313 g/mol. The fourth-order valence-electron chi connectivity index (χ4n) is 2.28. The minimum Gasteiger partial charge on any atom is -0.382 e. The van der Waals surface area contributed by atoms with Crippen LogP contribution in [-0.2, 0) is 15.8 Å². The van der Waals surface area contributed by atoms with E-state index in [0.29, 0.717) is 30.1 Å². The fraction of sp³-hybridized carbons (Fsp3) is 0.545. The van der Waals surface area contributed by atoms with Crippen molar-refractivity contribution < 1.29 is 19.1 Å². The van der Waals surface area contributed by atoms with Crippen molar-refractivity contribution in [2.45, 2.75) is 19.4 Å². The highest BCUT2D eigenvalue weighted by atomic mass is 31.2. The second-order valence-corrected chi connectivity index (χ2v) is 7.03. The van der Waals surface area contributed by atoms with Crippen LogP contribution >= 0.6 is 7.60 Å². The van der Waals surface area contributed by atoms with Crippen LogP contribution in [0.5, 0.6) is 0 Å². The summed E-state index contributed by atoms with van der Waals surface area (Å²) in [5.74, 6) is 0.335. The van der Waals surface area contributed by atoms with Gasteiger partial charge in [0.1, 0.15) is 18.2 Å². The highest BCUT2D eigenvalue weighted by Crippen LogP contribution is 2.48. The van der Waals surface area contributed by atoms with Crippen LogP contribution < -0.4 is 5.73 Å². The lowest BCUT2D eigenvalue weighted by Gasteiger charge is -2.16. The molecule has 1 aliphatic carbocycles. The number of nitrogens with two attached hydrogens (primary N) is 1. The van der Waals surface area contributed by atoms with Crippen molar-refractivity contribution in [2.75, 3.05) is 18.7 Å². The van der Waals surface area contributed by atoms with Crippen molar-refractivity contribution in [3.63, 3.8) is 0 Å². The molecule has 0 aromatic carbocycles. The molecule has 2 aromatic heterocycles. The summed E-state index contributed by atoms with van der Waals surface area (Å²) >= 11 is 0. The Kier molecular flexibility index (Phi) is 3.45. The third-order valence-electron chi connectivity index (χ3n) is 3.56. The van der Waals surface area contributed by atoms with Gasteiger partial charge in [0.05, 0.1) is 12.9 Å². The first-order valence-corrected chi connectivity index (χ1v) is 8.22. The van der Waals surface area contributed by atoms with Gasteiger partial charge in [0.15, 0.2) is 11.5 Å². The van der Waals surface area contributed by atoms with Crippen LogP contribution in [-0.4, -0.2) is 42.3 Å². The van der Waals surface area contributed by atoms with Crippen LogP contribution in [0.25, 0.3) is 11.2 Å². The van der Waals surface area contributed by atoms with Gasteiger partial charge in [-0.15, -0.1) is 0 Å². The third kappa shape index (κ3) is 3.21. The molecule has 114 valence electrons. The van der Waals surface area contributed by atoms with E-state index in [9.17, 15) is 4.57 Å². The van der Waals surface area contributed by atoms with E-state index in [-0.39, 0.29) is 5.41 Å². The van der Waals surface area contributed by atoms with E-state index in [4.69, 9.17) is 20.3 Å². The number of nitrogens with zero attached hydrogens (tertiary/aromatic N) is 4. The monoisotopic (exact) mass is 313 g/mol. The number of ether oxygens (including phenoxy) is 1. The van der Waals surface area contributed by atoms with E-state index in [1.54, 1.807) is 6.33 Å². The molecule has 9 nitrogen and oxygen atoms in total. The van der Waals surface area contributed by atoms with Gasteiger partial charge in [0, 0.05) is 12.0 Å². The van der Waals surface area contributed by atoms with E-state index in [1.165, 1.54) is 6.33 Å². The molecule has 4 N–H and O–H groups in total. The minimum atomic E-state index is -4.12. The van der Waals surface area contributed by atoms with E-state index in [2.05, 4.69) is 15.0 Å². The topological polar surface area (TPSA) is 136 Å². The third-order valence-corrected chi connectivity index (χ3v) is 4.08. The van der Waals surface area contributed by atoms with E-state index >= 15 is 0 Å². The summed E-state index contributed by atoms with van der Waals surface area (Å²) in [5, 5.41) is 0. The zero-order chi connectivity index (χ0) is 15.1. The molecule has 0 radical (unpaired) electrons. The molecule has 1 aliphatic rings. The second kappa shape index (κ2) is 5.03. The summed E-state index contributed by atoms with van der Waals surface area (Å²) in [6.45, 7) is 0.930. The molecule has 1 saturated carbocycles. The number of hydrogen-bond donors (Lipinski definition) is 3. The number of fused-ring (bicyclic) bond motifs is 1. The van der Waals surface area contributed by atoms with Crippen LogP contribution in [0.4, 0.5) is 5.82 Å². The van der Waals surface area contributed by atoms with Crippen molar-refractivity contribution >= 4 is 24.6 Å². The molecule has 0 spiro atoms. The molecule has 0 aliphatic heterocycles. The maximum absolute atomic E-state index is 10.8. The van der Waals surface area contributed by atoms with Gasteiger partial charge in [-0.25, -0.2) is 15.0 Å². The Morgan fingerprint density at radius 3 is 2.81 bits per heavy atom. The van der Waals surface area contributed by atoms with Crippen LogP contribution in [0.1, 0.15) is 12.8 Å². The van der Waals surface area contributed by atoms with Crippen molar-refractivity contribution in [3.8, 4) is 0 Å². The summed E-state index contributed by atoms with van der Waals surface area (Å²) in [4.78, 5) is 29.9. The molecule has 2 aromatic rings. The first kappa shape index (κ1) is 14.4. The predicted octanol–water partition coefficient (Wildman–Crippen LogP) is 0.340. The molecule has 10 heteroatoms. The van der Waals surface area contributed by atoms with Gasteiger partial charge in [0.25, 0.3) is 0 Å². The number of hydrogen-bond acceptors (Lipinski definition) is 6. The first-order chi connectivity index (χ1) is 9.89. The average Bonchev–Trinajstić information content (AvgIpc) is 3.02. The lowest BCUT2D eigenvalue weighted by molar-refractivity contribution is 0.104. The zero-order valence-electron chi connectivity index (χ0n) is 11.2. The quantitative estimate of drug-likeness (QED) is 0.649. The van der Waals surface area contributed by atoms with Crippen molar-refractivity contribution in [3.05, 3.63) is 12.7 Å². The molecule has 21 heavy (non-hydrogen) atoms. The SMILES string of the molecule is Nc1ncnc2c1ncn2CC1(COCP(=O)(O)O)CC1. The van der Waals surface area contributed by atoms with Crippen molar-refractivity contribution in [2.24, 2.45) is 5.41 Å². The normalized spacial score (nSPS) is 17.2. The second-order valence-electron chi connectivity index (χ2n) is 5.45. The molecule has 0 unspecified atom stereocenters. The summed E-state index contributed by atoms with van der Waals surface area (Å²) in [7, 11) is -4.12. The molecule has 3 rings (SSSR count). The van der Waals surface area contributed by atoms with Gasteiger partial charge in [-0.1, -0.05) is 0 Å². The largest absolute Gasteiger partial charge is 0.382 e. The van der Waals surface area contributed by atoms with Gasteiger partial charge >= 0.3 is 7.60 Å². The Morgan fingerprint density at radius 1 is 1.38 bits per heavy atom. The summed E-state index contributed by atoms with van der Waals surface area (Å²) in [5.41, 5.74) is 6.85. The minimum absolute atomic E-state index is 0.109. The zero-order valence-corrected chi connectivity index (χ0v) is 12.1. The fourth-order valence-corrected chi connectivity index (χ4v) is 2.61. The highest BCUT2D eigenvalue weighted by molar-refractivity contribution is 7.51.